The van der Waals surface area contributed by atoms with Gasteiger partial charge >= 0.3 is 0 Å². The van der Waals surface area contributed by atoms with E-state index in [1.165, 1.54) is 4.90 Å². The molecule has 0 saturated heterocycles. The number of aliphatic hydroxyl groups excluding tert-OH is 1. The number of carbonyl (C=O) groups is 2. The molecule has 1 N–H and O–H groups in total. The van der Waals surface area contributed by atoms with Crippen molar-refractivity contribution in [1.82, 2.24) is 4.98 Å². The van der Waals surface area contributed by atoms with Gasteiger partial charge in [-0.15, -0.1) is 0 Å². The molecule has 0 bridgehead atoms. The first-order valence-corrected chi connectivity index (χ1v) is 9.06. The first-order chi connectivity index (χ1) is 12.8. The van der Waals surface area contributed by atoms with Gasteiger partial charge in [0, 0.05) is 24.5 Å². The largest absolute Gasteiger partial charge is 0.503 e. The van der Waals surface area contributed by atoms with E-state index in [0.29, 0.717) is 5.69 Å². The van der Waals surface area contributed by atoms with E-state index in [-0.39, 0.29) is 23.2 Å². The van der Waals surface area contributed by atoms with Crippen molar-refractivity contribution in [3.63, 3.8) is 0 Å². The first-order valence-electron chi connectivity index (χ1n) is 9.06. The number of ketones is 1. The Balaban J connectivity index is 2.11. The molecular weight excluding hydrogens is 340 g/mol. The minimum absolute atomic E-state index is 0.0121. The lowest BCUT2D eigenvalue weighted by Crippen LogP contribution is -2.31. The first kappa shape index (κ1) is 18.8. The van der Waals surface area contributed by atoms with E-state index < -0.39 is 17.7 Å². The highest BCUT2D eigenvalue weighted by Crippen LogP contribution is 2.41. The smallest absolute Gasteiger partial charge is 0.294 e. The molecule has 3 rings (SSSR count). The Labute approximate surface area is 159 Å². The summed E-state index contributed by atoms with van der Waals surface area (Å²) in [4.78, 5) is 30.9. The Bertz CT molecular complexity index is 893. The van der Waals surface area contributed by atoms with Crippen LogP contribution in [0.15, 0.2) is 60.1 Å². The zero-order valence-corrected chi connectivity index (χ0v) is 16.1. The average Bonchev–Trinajstić information content (AvgIpc) is 2.92. The summed E-state index contributed by atoms with van der Waals surface area (Å²) in [6.45, 7) is 8.08. The number of benzene rings is 1. The number of nitrogens with zero attached hydrogens (tertiary/aromatic N) is 2. The van der Waals surface area contributed by atoms with Crippen molar-refractivity contribution in [2.24, 2.45) is 0 Å². The van der Waals surface area contributed by atoms with E-state index in [4.69, 9.17) is 0 Å². The molecule has 5 nitrogen and oxygen atoms in total. The molecule has 0 radical (unpaired) electrons. The minimum atomic E-state index is -0.659. The molecule has 140 valence electrons. The predicted octanol–water partition coefficient (Wildman–Crippen LogP) is 4.26. The summed E-state index contributed by atoms with van der Waals surface area (Å²) in [6, 6.07) is 10.5. The molecule has 1 aliphatic rings. The molecule has 1 aromatic heterocycles. The molecule has 1 atom stereocenters. The Kier molecular flexibility index (Phi) is 4.87. The summed E-state index contributed by atoms with van der Waals surface area (Å²) in [6.07, 6.45) is 3.44. The van der Waals surface area contributed by atoms with Gasteiger partial charge in [-0.3, -0.25) is 19.5 Å². The van der Waals surface area contributed by atoms with Crippen LogP contribution in [0.1, 0.15) is 51.3 Å². The van der Waals surface area contributed by atoms with Gasteiger partial charge in [-0.1, -0.05) is 39.8 Å². The van der Waals surface area contributed by atoms with E-state index in [2.05, 4.69) is 25.8 Å². The van der Waals surface area contributed by atoms with Crippen molar-refractivity contribution in [2.45, 2.75) is 45.6 Å². The number of pyridine rings is 1. The molecule has 1 aliphatic heterocycles. The van der Waals surface area contributed by atoms with Crippen LogP contribution < -0.4 is 4.90 Å². The highest BCUT2D eigenvalue weighted by Gasteiger charge is 2.43. The van der Waals surface area contributed by atoms with Gasteiger partial charge in [0.1, 0.15) is 0 Å². The van der Waals surface area contributed by atoms with Crippen molar-refractivity contribution in [3.05, 3.63) is 71.3 Å². The molecule has 1 amide bonds. The van der Waals surface area contributed by atoms with Crippen molar-refractivity contribution < 1.29 is 14.7 Å². The third kappa shape index (κ3) is 3.37. The second-order valence-corrected chi connectivity index (χ2v) is 7.69. The minimum Gasteiger partial charge on any atom is -0.503 e. The highest BCUT2D eigenvalue weighted by molar-refractivity contribution is 6.16. The number of hydrogen-bond donors (Lipinski definition) is 1. The van der Waals surface area contributed by atoms with E-state index >= 15 is 0 Å². The van der Waals surface area contributed by atoms with Crippen LogP contribution in [0.5, 0.6) is 0 Å². The quantitative estimate of drug-likeness (QED) is 0.880. The molecule has 1 aromatic carbocycles. The lowest BCUT2D eigenvalue weighted by Gasteiger charge is -2.27. The lowest BCUT2D eigenvalue weighted by molar-refractivity contribution is -0.118. The maximum atomic E-state index is 12.9. The van der Waals surface area contributed by atoms with E-state index in [9.17, 15) is 14.7 Å². The number of carbonyl (C=O) groups excluding carboxylic acids is 2. The fourth-order valence-corrected chi connectivity index (χ4v) is 3.33. The number of Topliss-reactive ketones (excluding diaryl/α,β-unsaturated/α-hetero) is 1. The summed E-state index contributed by atoms with van der Waals surface area (Å²) in [5.41, 5.74) is 2.65. The number of aliphatic hydroxyl groups is 1. The van der Waals surface area contributed by atoms with Gasteiger partial charge in [-0.05, 0) is 40.8 Å². The maximum absolute atomic E-state index is 12.9. The van der Waals surface area contributed by atoms with Crippen LogP contribution in [0.2, 0.25) is 0 Å². The zero-order chi connectivity index (χ0) is 19.8. The fraction of sp³-hybridized carbons (Fsp3) is 0.318. The number of rotatable bonds is 4. The summed E-state index contributed by atoms with van der Waals surface area (Å²) < 4.78 is 0. The number of amides is 1. The zero-order valence-electron chi connectivity index (χ0n) is 16.1. The van der Waals surface area contributed by atoms with Crippen molar-refractivity contribution in [3.8, 4) is 0 Å². The molecule has 2 heterocycles. The molecule has 0 spiro atoms. The molecular formula is C22H24N2O3. The number of anilines is 1. The summed E-state index contributed by atoms with van der Waals surface area (Å²) in [5, 5.41) is 10.5. The molecule has 27 heavy (non-hydrogen) atoms. The van der Waals surface area contributed by atoms with Crippen molar-refractivity contribution in [2.75, 3.05) is 4.90 Å². The Morgan fingerprint density at radius 3 is 2.22 bits per heavy atom. The third-order valence-electron chi connectivity index (χ3n) is 4.86. The molecule has 0 saturated carbocycles. The topological polar surface area (TPSA) is 70.5 Å². The Morgan fingerprint density at radius 2 is 1.70 bits per heavy atom. The fourth-order valence-electron chi connectivity index (χ4n) is 3.33. The molecule has 5 heteroatoms. The average molecular weight is 364 g/mol. The van der Waals surface area contributed by atoms with Crippen LogP contribution in [0.25, 0.3) is 0 Å². The third-order valence-corrected chi connectivity index (χ3v) is 4.86. The van der Waals surface area contributed by atoms with Crippen LogP contribution in [-0.2, 0) is 15.0 Å². The van der Waals surface area contributed by atoms with Gasteiger partial charge in [0.25, 0.3) is 5.91 Å². The SMILES string of the molecule is CCC(=O)C1=C(O)C(=O)N(c2ccc(C(C)(C)C)cc2)C1c1ccncc1. The standard InChI is InChI=1S/C22H24N2O3/c1-5-17(25)18-19(14-10-12-23-13-11-14)24(21(27)20(18)26)16-8-6-15(7-9-16)22(2,3)4/h6-13,19,26H,5H2,1-4H3. The van der Waals surface area contributed by atoms with Crippen LogP contribution in [-0.4, -0.2) is 21.8 Å². The van der Waals surface area contributed by atoms with Gasteiger partial charge in [-0.25, -0.2) is 0 Å². The Hall–Kier alpha value is -2.95. The predicted molar refractivity (Wildman–Crippen MR) is 105 cm³/mol. The molecule has 0 aliphatic carbocycles. The van der Waals surface area contributed by atoms with Gasteiger partial charge in [0.05, 0.1) is 11.6 Å². The maximum Gasteiger partial charge on any atom is 0.294 e. The van der Waals surface area contributed by atoms with Crippen LogP contribution in [0.4, 0.5) is 5.69 Å². The summed E-state index contributed by atoms with van der Waals surface area (Å²) in [5.74, 6) is -1.27. The lowest BCUT2D eigenvalue weighted by atomic mass is 9.87. The summed E-state index contributed by atoms with van der Waals surface area (Å²) >= 11 is 0. The van der Waals surface area contributed by atoms with Crippen molar-refractivity contribution in [1.29, 1.82) is 0 Å². The summed E-state index contributed by atoms with van der Waals surface area (Å²) in [7, 11) is 0. The van der Waals surface area contributed by atoms with Crippen molar-refractivity contribution >= 4 is 17.4 Å². The van der Waals surface area contributed by atoms with Gasteiger partial charge in [0.2, 0.25) is 0 Å². The Morgan fingerprint density at radius 1 is 1.11 bits per heavy atom. The number of hydrogen-bond acceptors (Lipinski definition) is 4. The van der Waals surface area contributed by atoms with E-state index in [0.717, 1.165) is 11.1 Å². The molecule has 2 aromatic rings. The second kappa shape index (κ2) is 6.99. The van der Waals surface area contributed by atoms with Crippen LogP contribution >= 0.6 is 0 Å². The van der Waals surface area contributed by atoms with Gasteiger partial charge in [0.15, 0.2) is 11.5 Å². The van der Waals surface area contributed by atoms with Crippen LogP contribution in [0, 0.1) is 0 Å². The van der Waals surface area contributed by atoms with E-state index in [1.807, 2.05) is 24.3 Å². The second-order valence-electron chi connectivity index (χ2n) is 7.69. The normalized spacial score (nSPS) is 17.6. The van der Waals surface area contributed by atoms with Crippen LogP contribution in [0.3, 0.4) is 0 Å². The van der Waals surface area contributed by atoms with E-state index in [1.54, 1.807) is 31.5 Å². The molecule has 1 unspecified atom stereocenters. The molecule has 0 fully saturated rings. The van der Waals surface area contributed by atoms with Gasteiger partial charge < -0.3 is 5.11 Å². The monoisotopic (exact) mass is 364 g/mol. The highest BCUT2D eigenvalue weighted by atomic mass is 16.3. The number of aromatic nitrogens is 1. The van der Waals surface area contributed by atoms with Gasteiger partial charge in [-0.2, -0.15) is 0 Å².